The van der Waals surface area contributed by atoms with E-state index in [0.29, 0.717) is 18.1 Å². The van der Waals surface area contributed by atoms with Crippen LogP contribution in [0.3, 0.4) is 0 Å². The van der Waals surface area contributed by atoms with E-state index in [9.17, 15) is 4.79 Å². The van der Waals surface area contributed by atoms with Crippen LogP contribution in [0.15, 0.2) is 54.0 Å². The molecule has 2 aromatic carbocycles. The number of anilines is 1. The van der Waals surface area contributed by atoms with Crippen molar-refractivity contribution in [2.24, 2.45) is 0 Å². The molecule has 1 unspecified atom stereocenters. The van der Waals surface area contributed by atoms with E-state index in [-0.39, 0.29) is 18.6 Å². The summed E-state index contributed by atoms with van der Waals surface area (Å²) in [6.07, 6.45) is 0. The molecule has 4 rings (SSSR count). The number of carbonyl (C=O) groups is 1. The van der Waals surface area contributed by atoms with Gasteiger partial charge in [-0.05, 0) is 50.6 Å². The van der Waals surface area contributed by atoms with Crippen molar-refractivity contribution in [3.8, 4) is 17.0 Å². The summed E-state index contributed by atoms with van der Waals surface area (Å²) in [5.41, 5.74) is 5.76. The van der Waals surface area contributed by atoms with Gasteiger partial charge in [-0.1, -0.05) is 18.2 Å². The SMILES string of the molecule is CCNC(=O)COc1cccc(C(C)Nc2cc(-c3ccc4ncsc4c3)nc(C)n2)c1. The highest BCUT2D eigenvalue weighted by atomic mass is 32.1. The molecular formula is C24H25N5O2S. The van der Waals surface area contributed by atoms with E-state index in [0.717, 1.165) is 32.9 Å². The van der Waals surface area contributed by atoms with Gasteiger partial charge in [-0.3, -0.25) is 4.79 Å². The van der Waals surface area contributed by atoms with Crippen molar-refractivity contribution in [2.45, 2.75) is 26.8 Å². The first kappa shape index (κ1) is 21.7. The molecule has 2 aromatic heterocycles. The highest BCUT2D eigenvalue weighted by Crippen LogP contribution is 2.28. The van der Waals surface area contributed by atoms with Crippen LogP contribution < -0.4 is 15.4 Å². The minimum absolute atomic E-state index is 0.00231. The van der Waals surface area contributed by atoms with Gasteiger partial charge in [0.05, 0.1) is 27.5 Å². The molecule has 8 heteroatoms. The summed E-state index contributed by atoms with van der Waals surface area (Å²) in [6, 6.07) is 15.8. The molecule has 0 saturated heterocycles. The molecule has 2 N–H and O–H groups in total. The number of aryl methyl sites for hydroxylation is 1. The number of nitrogens with zero attached hydrogens (tertiary/aromatic N) is 3. The first-order chi connectivity index (χ1) is 15.5. The van der Waals surface area contributed by atoms with Crippen LogP contribution in [-0.2, 0) is 4.79 Å². The molecule has 1 atom stereocenters. The maximum absolute atomic E-state index is 11.6. The molecule has 7 nitrogen and oxygen atoms in total. The maximum Gasteiger partial charge on any atom is 0.257 e. The van der Waals surface area contributed by atoms with Crippen LogP contribution in [0.5, 0.6) is 5.75 Å². The van der Waals surface area contributed by atoms with E-state index in [1.54, 1.807) is 11.3 Å². The van der Waals surface area contributed by atoms with Crippen LogP contribution >= 0.6 is 11.3 Å². The van der Waals surface area contributed by atoms with Crippen molar-refractivity contribution >= 4 is 33.3 Å². The van der Waals surface area contributed by atoms with Gasteiger partial charge in [0.25, 0.3) is 5.91 Å². The third kappa shape index (κ3) is 5.20. The number of ether oxygens (including phenoxy) is 1. The average molecular weight is 448 g/mol. The quantitative estimate of drug-likeness (QED) is 0.405. The van der Waals surface area contributed by atoms with Crippen molar-refractivity contribution in [1.29, 1.82) is 0 Å². The number of fused-ring (bicyclic) bond motifs is 1. The zero-order chi connectivity index (χ0) is 22.5. The molecule has 0 bridgehead atoms. The molecule has 0 spiro atoms. The lowest BCUT2D eigenvalue weighted by Crippen LogP contribution is -2.28. The molecule has 0 radical (unpaired) electrons. The van der Waals surface area contributed by atoms with Gasteiger partial charge in [-0.2, -0.15) is 0 Å². The highest BCUT2D eigenvalue weighted by Gasteiger charge is 2.11. The Labute approximate surface area is 190 Å². The number of nitrogens with one attached hydrogen (secondary N) is 2. The lowest BCUT2D eigenvalue weighted by Gasteiger charge is -2.17. The molecule has 2 heterocycles. The second-order valence-electron chi connectivity index (χ2n) is 7.40. The van der Waals surface area contributed by atoms with Gasteiger partial charge < -0.3 is 15.4 Å². The molecule has 164 valence electrons. The summed E-state index contributed by atoms with van der Waals surface area (Å²) >= 11 is 1.62. The third-order valence-electron chi connectivity index (χ3n) is 4.93. The Morgan fingerprint density at radius 1 is 1.16 bits per heavy atom. The number of benzene rings is 2. The van der Waals surface area contributed by atoms with Gasteiger partial charge >= 0.3 is 0 Å². The predicted molar refractivity (Wildman–Crippen MR) is 128 cm³/mol. The predicted octanol–water partition coefficient (Wildman–Crippen LogP) is 4.75. The number of hydrogen-bond acceptors (Lipinski definition) is 7. The molecular weight excluding hydrogens is 422 g/mol. The Morgan fingerprint density at radius 3 is 2.88 bits per heavy atom. The van der Waals surface area contributed by atoms with Crippen molar-refractivity contribution in [3.63, 3.8) is 0 Å². The Bertz CT molecular complexity index is 1240. The molecule has 4 aromatic rings. The van der Waals surface area contributed by atoms with Crippen molar-refractivity contribution in [1.82, 2.24) is 20.3 Å². The van der Waals surface area contributed by atoms with Crippen LogP contribution in [0.2, 0.25) is 0 Å². The minimum Gasteiger partial charge on any atom is -0.484 e. The van der Waals surface area contributed by atoms with Crippen molar-refractivity contribution in [2.75, 3.05) is 18.5 Å². The van der Waals surface area contributed by atoms with E-state index in [1.165, 1.54) is 0 Å². The Morgan fingerprint density at radius 2 is 2.03 bits per heavy atom. The number of likely N-dealkylation sites (N-methyl/N-ethyl adjacent to an activating group) is 1. The summed E-state index contributed by atoms with van der Waals surface area (Å²) in [7, 11) is 0. The molecule has 0 aliphatic heterocycles. The van der Waals surface area contributed by atoms with Crippen LogP contribution in [-0.4, -0.2) is 34.0 Å². The number of thiazole rings is 1. The zero-order valence-corrected chi connectivity index (χ0v) is 19.1. The van der Waals surface area contributed by atoms with E-state index in [4.69, 9.17) is 4.74 Å². The first-order valence-electron chi connectivity index (χ1n) is 10.5. The van der Waals surface area contributed by atoms with Crippen LogP contribution in [0.1, 0.15) is 31.3 Å². The fourth-order valence-electron chi connectivity index (χ4n) is 3.38. The third-order valence-corrected chi connectivity index (χ3v) is 5.72. The number of amides is 1. The Balaban J connectivity index is 1.50. The summed E-state index contributed by atoms with van der Waals surface area (Å²) < 4.78 is 6.75. The number of rotatable bonds is 8. The summed E-state index contributed by atoms with van der Waals surface area (Å²) in [5, 5.41) is 6.18. The monoisotopic (exact) mass is 447 g/mol. The summed E-state index contributed by atoms with van der Waals surface area (Å²) in [4.78, 5) is 25.2. The first-order valence-corrected chi connectivity index (χ1v) is 11.3. The standard InChI is InChI=1S/C24H25N5O2S/c1-4-25-24(30)13-31-19-7-5-6-17(10-19)15(2)27-23-12-21(28-16(3)29-23)18-8-9-20-22(11-18)32-14-26-20/h5-12,14-15H,4,13H2,1-3H3,(H,25,30)(H,27,28,29). The van der Waals surface area contributed by atoms with Gasteiger partial charge in [0.2, 0.25) is 0 Å². The number of aromatic nitrogens is 3. The second-order valence-corrected chi connectivity index (χ2v) is 8.29. The van der Waals surface area contributed by atoms with E-state index < -0.39 is 0 Å². The fourth-order valence-corrected chi connectivity index (χ4v) is 4.10. The Hall–Kier alpha value is -3.52. The second kappa shape index (κ2) is 9.74. The fraction of sp³-hybridized carbons (Fsp3) is 0.250. The molecule has 0 fully saturated rings. The Kier molecular flexibility index (Phi) is 6.61. The summed E-state index contributed by atoms with van der Waals surface area (Å²) in [5.74, 6) is 1.96. The largest absolute Gasteiger partial charge is 0.484 e. The van der Waals surface area contributed by atoms with Gasteiger partial charge in [-0.25, -0.2) is 15.0 Å². The molecule has 1 amide bonds. The average Bonchev–Trinajstić information content (AvgIpc) is 3.26. The normalized spacial score (nSPS) is 11.8. The smallest absolute Gasteiger partial charge is 0.257 e. The van der Waals surface area contributed by atoms with Crippen LogP contribution in [0.25, 0.3) is 21.5 Å². The van der Waals surface area contributed by atoms with Crippen LogP contribution in [0, 0.1) is 6.92 Å². The van der Waals surface area contributed by atoms with Crippen molar-refractivity contribution < 1.29 is 9.53 Å². The lowest BCUT2D eigenvalue weighted by atomic mass is 10.1. The van der Waals surface area contributed by atoms with Gasteiger partial charge in [-0.15, -0.1) is 11.3 Å². The van der Waals surface area contributed by atoms with Gasteiger partial charge in [0.1, 0.15) is 17.4 Å². The minimum atomic E-state index is -0.135. The number of carbonyl (C=O) groups excluding carboxylic acids is 1. The van der Waals surface area contributed by atoms with E-state index in [1.807, 2.05) is 61.8 Å². The lowest BCUT2D eigenvalue weighted by molar-refractivity contribution is -0.122. The zero-order valence-electron chi connectivity index (χ0n) is 18.3. The summed E-state index contributed by atoms with van der Waals surface area (Å²) in [6.45, 7) is 6.41. The van der Waals surface area contributed by atoms with Crippen LogP contribution in [0.4, 0.5) is 5.82 Å². The maximum atomic E-state index is 11.6. The molecule has 0 saturated carbocycles. The van der Waals surface area contributed by atoms with Gasteiger partial charge in [0, 0.05) is 18.2 Å². The number of hydrogen-bond donors (Lipinski definition) is 2. The van der Waals surface area contributed by atoms with E-state index in [2.05, 4.69) is 38.6 Å². The van der Waals surface area contributed by atoms with Gasteiger partial charge in [0.15, 0.2) is 6.61 Å². The van der Waals surface area contributed by atoms with Crippen molar-refractivity contribution in [3.05, 3.63) is 65.4 Å². The van der Waals surface area contributed by atoms with E-state index >= 15 is 0 Å². The molecule has 32 heavy (non-hydrogen) atoms. The molecule has 0 aliphatic carbocycles. The topological polar surface area (TPSA) is 89.0 Å². The molecule has 0 aliphatic rings. The highest BCUT2D eigenvalue weighted by molar-refractivity contribution is 7.16.